The zero-order valence-corrected chi connectivity index (χ0v) is 13.6. The molecular weight excluding hydrogens is 330 g/mol. The Labute approximate surface area is 142 Å². The molecule has 0 unspecified atom stereocenters. The minimum atomic E-state index is -0.503. The lowest BCUT2D eigenvalue weighted by atomic mass is 9.97. The second-order valence-corrected chi connectivity index (χ2v) is 5.74. The Bertz CT molecular complexity index is 1040. The summed E-state index contributed by atoms with van der Waals surface area (Å²) in [6, 6.07) is 6.36. The molecule has 0 saturated heterocycles. The zero-order valence-electron chi connectivity index (χ0n) is 12.9. The van der Waals surface area contributed by atoms with Crippen LogP contribution in [0.3, 0.4) is 0 Å². The predicted molar refractivity (Wildman–Crippen MR) is 95.0 cm³/mol. The number of fused-ring (bicyclic) bond motifs is 3. The Balaban J connectivity index is 2.42. The van der Waals surface area contributed by atoms with Crippen molar-refractivity contribution in [1.29, 1.82) is 0 Å². The van der Waals surface area contributed by atoms with Crippen molar-refractivity contribution in [2.45, 2.75) is 6.92 Å². The van der Waals surface area contributed by atoms with Crippen molar-refractivity contribution < 1.29 is 14.3 Å². The topological polar surface area (TPSA) is 79.9 Å². The van der Waals surface area contributed by atoms with Crippen molar-refractivity contribution in [3.05, 3.63) is 51.4 Å². The molecule has 24 heavy (non-hydrogen) atoms. The Morgan fingerprint density at radius 1 is 1.25 bits per heavy atom. The van der Waals surface area contributed by atoms with Crippen LogP contribution in [0.5, 0.6) is 5.75 Å². The number of alkyl halides is 1. The van der Waals surface area contributed by atoms with E-state index in [-0.39, 0.29) is 5.75 Å². The maximum Gasteiger partial charge on any atom is 0.336 e. The molecule has 0 spiro atoms. The van der Waals surface area contributed by atoms with Gasteiger partial charge in [0, 0.05) is 45.4 Å². The summed E-state index contributed by atoms with van der Waals surface area (Å²) in [6.45, 7) is 2.19. The lowest BCUT2D eigenvalue weighted by Gasteiger charge is -2.10. The lowest BCUT2D eigenvalue weighted by molar-refractivity contribution is 0.112. The predicted octanol–water partition coefficient (Wildman–Crippen LogP) is 3.43. The van der Waals surface area contributed by atoms with E-state index in [0.29, 0.717) is 51.6 Å². The molecule has 1 N–H and O–H groups in total. The molecule has 0 aliphatic carbocycles. The Kier molecular flexibility index (Phi) is 4.36. The molecule has 1 heterocycles. The molecule has 0 amide bonds. The number of benzene rings is 2. The zero-order chi connectivity index (χ0) is 17.3. The number of hydrogen-bond donors (Lipinski definition) is 1. The maximum absolute atomic E-state index is 11.7. The molecule has 0 fully saturated rings. The van der Waals surface area contributed by atoms with E-state index in [1.54, 1.807) is 19.1 Å². The van der Waals surface area contributed by atoms with Gasteiger partial charge in [0.25, 0.3) is 0 Å². The first-order valence-corrected chi connectivity index (χ1v) is 7.84. The third-order valence-electron chi connectivity index (χ3n) is 3.82. The highest BCUT2D eigenvalue weighted by atomic mass is 35.5. The molecule has 0 saturated carbocycles. The summed E-state index contributed by atoms with van der Waals surface area (Å²) in [5.74, 6) is 0.334. The summed E-state index contributed by atoms with van der Waals surface area (Å²) < 4.78 is 5.32. The number of rotatable bonds is 4. The smallest absolute Gasteiger partial charge is 0.336 e. The van der Waals surface area contributed by atoms with Crippen LogP contribution in [0.15, 0.2) is 38.5 Å². The van der Waals surface area contributed by atoms with Crippen LogP contribution >= 0.6 is 11.6 Å². The lowest BCUT2D eigenvalue weighted by Crippen LogP contribution is -2.00. The van der Waals surface area contributed by atoms with Gasteiger partial charge in [-0.05, 0) is 24.6 Å². The molecule has 0 bridgehead atoms. The second-order valence-electron chi connectivity index (χ2n) is 5.36. The number of carbonyl (C=O) groups excluding carboxylic acids is 1. The first kappa shape index (κ1) is 16.2. The number of aromatic hydroxyl groups is 1. The van der Waals surface area contributed by atoms with Gasteiger partial charge in [0.2, 0.25) is 0 Å². The van der Waals surface area contributed by atoms with Crippen LogP contribution in [0.25, 0.3) is 21.7 Å². The van der Waals surface area contributed by atoms with Gasteiger partial charge in [0.1, 0.15) is 11.3 Å². The van der Waals surface area contributed by atoms with Gasteiger partial charge in [-0.1, -0.05) is 6.07 Å². The number of aliphatic imine (C=N–C) groups is 1. The van der Waals surface area contributed by atoms with Crippen molar-refractivity contribution in [2.24, 2.45) is 4.99 Å². The van der Waals surface area contributed by atoms with Gasteiger partial charge in [0.05, 0.1) is 6.54 Å². The molecule has 2 aromatic carbocycles. The molecule has 122 valence electrons. The van der Waals surface area contributed by atoms with E-state index < -0.39 is 5.63 Å². The third kappa shape index (κ3) is 2.67. The molecule has 3 aromatic rings. The molecule has 0 radical (unpaired) electrons. The fourth-order valence-electron chi connectivity index (χ4n) is 2.73. The summed E-state index contributed by atoms with van der Waals surface area (Å²) in [7, 11) is 0. The van der Waals surface area contributed by atoms with Crippen LogP contribution < -0.4 is 5.63 Å². The van der Waals surface area contributed by atoms with Crippen molar-refractivity contribution in [2.75, 3.05) is 12.4 Å². The van der Waals surface area contributed by atoms with Crippen molar-refractivity contribution in [1.82, 2.24) is 0 Å². The highest BCUT2D eigenvalue weighted by molar-refractivity contribution is 6.18. The van der Waals surface area contributed by atoms with Gasteiger partial charge >= 0.3 is 5.63 Å². The van der Waals surface area contributed by atoms with Crippen LogP contribution in [0.1, 0.15) is 21.5 Å². The molecular formula is C18H14ClNO4. The van der Waals surface area contributed by atoms with Crippen LogP contribution in [0.4, 0.5) is 0 Å². The largest absolute Gasteiger partial charge is 0.507 e. The number of hydrogen-bond acceptors (Lipinski definition) is 5. The highest BCUT2D eigenvalue weighted by Crippen LogP contribution is 2.35. The number of halogens is 1. The number of carbonyl (C=O) groups is 1. The van der Waals surface area contributed by atoms with Crippen LogP contribution in [0.2, 0.25) is 0 Å². The Hall–Kier alpha value is -2.66. The fraction of sp³-hybridized carbons (Fsp3) is 0.167. The van der Waals surface area contributed by atoms with Gasteiger partial charge < -0.3 is 9.52 Å². The first-order chi connectivity index (χ1) is 11.6. The SMILES string of the molecule is Cc1cc(=O)oc2c1ccc1c(O)c(C=NCCCl)cc(C=O)c12. The standard InChI is InChI=1S/C18H14ClNO4/c1-10-6-15(22)24-18-13(10)2-3-14-16(18)12(9-21)7-11(17(14)23)8-20-5-4-19/h2-3,6-9,23H,4-5H2,1H3. The van der Waals surface area contributed by atoms with E-state index in [0.717, 1.165) is 5.56 Å². The average Bonchev–Trinajstić information content (AvgIpc) is 2.56. The van der Waals surface area contributed by atoms with E-state index in [1.807, 2.05) is 0 Å². The van der Waals surface area contributed by atoms with E-state index >= 15 is 0 Å². The van der Waals surface area contributed by atoms with Crippen LogP contribution in [0, 0.1) is 6.92 Å². The quantitative estimate of drug-likeness (QED) is 0.259. The van der Waals surface area contributed by atoms with E-state index in [1.165, 1.54) is 18.3 Å². The number of nitrogens with zero attached hydrogens (tertiary/aromatic N) is 1. The molecule has 0 aliphatic rings. The van der Waals surface area contributed by atoms with E-state index in [9.17, 15) is 14.7 Å². The van der Waals surface area contributed by atoms with Crippen LogP contribution in [-0.2, 0) is 0 Å². The summed E-state index contributed by atoms with van der Waals surface area (Å²) >= 11 is 5.58. The Morgan fingerprint density at radius 3 is 2.71 bits per heavy atom. The van der Waals surface area contributed by atoms with Crippen molar-refractivity contribution in [3.63, 3.8) is 0 Å². The number of aryl methyl sites for hydroxylation is 1. The molecule has 1 aromatic heterocycles. The average molecular weight is 344 g/mol. The van der Waals surface area contributed by atoms with Crippen molar-refractivity contribution >= 4 is 45.8 Å². The molecule has 0 aliphatic heterocycles. The Morgan fingerprint density at radius 2 is 2.00 bits per heavy atom. The number of aldehydes is 1. The molecule has 3 rings (SSSR count). The fourth-order valence-corrected chi connectivity index (χ4v) is 2.83. The van der Waals surface area contributed by atoms with Gasteiger partial charge in [-0.25, -0.2) is 4.79 Å². The summed E-state index contributed by atoms with van der Waals surface area (Å²) in [6.07, 6.45) is 2.14. The van der Waals surface area contributed by atoms with Crippen molar-refractivity contribution in [3.8, 4) is 5.75 Å². The minimum absolute atomic E-state index is 0.0278. The monoisotopic (exact) mass is 343 g/mol. The number of phenols is 1. The second kappa shape index (κ2) is 6.45. The van der Waals surface area contributed by atoms with Gasteiger partial charge in [-0.15, -0.1) is 11.6 Å². The normalized spacial score (nSPS) is 11.6. The summed E-state index contributed by atoms with van der Waals surface area (Å²) in [5, 5.41) is 12.1. The minimum Gasteiger partial charge on any atom is -0.507 e. The molecule has 6 heteroatoms. The van der Waals surface area contributed by atoms with Gasteiger partial charge in [-0.3, -0.25) is 9.79 Å². The van der Waals surface area contributed by atoms with E-state index in [2.05, 4.69) is 4.99 Å². The highest BCUT2D eigenvalue weighted by Gasteiger charge is 2.15. The molecule has 5 nitrogen and oxygen atoms in total. The number of phenolic OH excluding ortho intramolecular Hbond substituents is 1. The maximum atomic E-state index is 11.7. The van der Waals surface area contributed by atoms with Gasteiger partial charge in [-0.2, -0.15) is 0 Å². The summed E-state index contributed by atoms with van der Waals surface area (Å²) in [4.78, 5) is 27.4. The summed E-state index contributed by atoms with van der Waals surface area (Å²) in [5.41, 5.74) is 1.25. The molecule has 0 atom stereocenters. The van der Waals surface area contributed by atoms with Crippen LogP contribution in [-0.4, -0.2) is 30.0 Å². The van der Waals surface area contributed by atoms with E-state index in [4.69, 9.17) is 16.0 Å². The first-order valence-electron chi connectivity index (χ1n) is 7.31. The van der Waals surface area contributed by atoms with Gasteiger partial charge in [0.15, 0.2) is 6.29 Å². The third-order valence-corrected chi connectivity index (χ3v) is 3.99.